The molecular formula is C30H30Cl2N8O4. The van der Waals surface area contributed by atoms with Crippen LogP contribution in [0.1, 0.15) is 30.6 Å². The quantitative estimate of drug-likeness (QED) is 0.290. The van der Waals surface area contributed by atoms with Crippen molar-refractivity contribution in [2.24, 2.45) is 0 Å². The summed E-state index contributed by atoms with van der Waals surface area (Å²) < 4.78 is 12.6. The minimum atomic E-state index is -0.378. The second-order valence-corrected chi connectivity index (χ2v) is 11.4. The fourth-order valence-corrected chi connectivity index (χ4v) is 5.55. The molecule has 0 aliphatic carbocycles. The van der Waals surface area contributed by atoms with Crippen LogP contribution in [0.4, 0.5) is 16.3 Å². The summed E-state index contributed by atoms with van der Waals surface area (Å²) in [5.41, 5.74) is 2.18. The zero-order valence-electron chi connectivity index (χ0n) is 24.0. The lowest BCUT2D eigenvalue weighted by Gasteiger charge is -2.42. The van der Waals surface area contributed by atoms with Gasteiger partial charge in [0.15, 0.2) is 11.5 Å². The van der Waals surface area contributed by atoms with Crippen molar-refractivity contribution in [3.8, 4) is 17.4 Å². The summed E-state index contributed by atoms with van der Waals surface area (Å²) in [5.74, 6) is 2.29. The normalized spacial score (nSPS) is 16.5. The first-order valence-electron chi connectivity index (χ1n) is 14.0. The van der Waals surface area contributed by atoms with E-state index in [4.69, 9.17) is 37.7 Å². The van der Waals surface area contributed by atoms with Crippen LogP contribution in [-0.2, 0) is 4.79 Å². The molecule has 0 radical (unpaired) electrons. The molecule has 12 nitrogen and oxygen atoms in total. The van der Waals surface area contributed by atoms with E-state index in [1.54, 1.807) is 46.4 Å². The highest BCUT2D eigenvalue weighted by Crippen LogP contribution is 2.34. The predicted octanol–water partition coefficient (Wildman–Crippen LogP) is 5.00. The summed E-state index contributed by atoms with van der Waals surface area (Å²) in [7, 11) is 0. The topological polar surface area (TPSA) is 127 Å². The van der Waals surface area contributed by atoms with Gasteiger partial charge in [-0.3, -0.25) is 9.36 Å². The third kappa shape index (κ3) is 6.51. The molecule has 0 spiro atoms. The molecule has 14 heteroatoms. The molecule has 4 aromatic rings. The van der Waals surface area contributed by atoms with Gasteiger partial charge in [0.2, 0.25) is 18.6 Å². The highest BCUT2D eigenvalue weighted by molar-refractivity contribution is 6.42. The second kappa shape index (κ2) is 12.6. The van der Waals surface area contributed by atoms with Gasteiger partial charge in [-0.15, -0.1) is 0 Å². The van der Waals surface area contributed by atoms with Gasteiger partial charge < -0.3 is 29.9 Å². The van der Waals surface area contributed by atoms with E-state index in [2.05, 4.69) is 25.5 Å². The van der Waals surface area contributed by atoms with Crippen LogP contribution in [0.2, 0.25) is 10.0 Å². The summed E-state index contributed by atoms with van der Waals surface area (Å²) in [6, 6.07) is 11.4. The van der Waals surface area contributed by atoms with Crippen LogP contribution in [0.15, 0.2) is 61.2 Å². The SMILES string of the molecule is Cc1cc(N2CCN(C(=O)Nc3ccc(Cl)c(Cl)c3)CC2CC(=O)NC(C)c2ccc3c(c2)OCO3)nc(-n2ccnc2)n1. The highest BCUT2D eigenvalue weighted by Gasteiger charge is 2.33. The van der Waals surface area contributed by atoms with E-state index in [1.807, 2.05) is 38.1 Å². The van der Waals surface area contributed by atoms with E-state index in [0.29, 0.717) is 52.1 Å². The fraction of sp³-hybridized carbons (Fsp3) is 0.300. The number of benzene rings is 2. The van der Waals surface area contributed by atoms with Crippen molar-refractivity contribution >= 4 is 46.6 Å². The molecule has 0 bridgehead atoms. The lowest BCUT2D eigenvalue weighted by atomic mass is 10.1. The molecule has 3 amide bonds. The van der Waals surface area contributed by atoms with Gasteiger partial charge in [0.1, 0.15) is 12.1 Å². The molecule has 2 aromatic heterocycles. The van der Waals surface area contributed by atoms with Gasteiger partial charge in [0, 0.05) is 55.9 Å². The first-order chi connectivity index (χ1) is 21.2. The van der Waals surface area contributed by atoms with E-state index in [1.165, 1.54) is 0 Å². The molecule has 6 rings (SSSR count). The van der Waals surface area contributed by atoms with Gasteiger partial charge >= 0.3 is 6.03 Å². The van der Waals surface area contributed by atoms with Crippen LogP contribution in [0.25, 0.3) is 5.95 Å². The Morgan fingerprint density at radius 2 is 1.89 bits per heavy atom. The molecule has 228 valence electrons. The summed E-state index contributed by atoms with van der Waals surface area (Å²) in [6.45, 7) is 5.11. The van der Waals surface area contributed by atoms with E-state index in [9.17, 15) is 9.59 Å². The monoisotopic (exact) mass is 636 g/mol. The Morgan fingerprint density at radius 1 is 1.05 bits per heavy atom. The Morgan fingerprint density at radius 3 is 2.68 bits per heavy atom. The average Bonchev–Trinajstić information content (AvgIpc) is 3.71. The van der Waals surface area contributed by atoms with Crippen molar-refractivity contribution in [2.45, 2.75) is 32.4 Å². The number of amides is 3. The number of rotatable bonds is 7. The van der Waals surface area contributed by atoms with E-state index in [-0.39, 0.29) is 43.8 Å². The van der Waals surface area contributed by atoms with E-state index in [0.717, 1.165) is 11.3 Å². The average molecular weight is 638 g/mol. The molecular weight excluding hydrogens is 607 g/mol. The number of nitrogens with zero attached hydrogens (tertiary/aromatic N) is 6. The number of hydrogen-bond acceptors (Lipinski definition) is 8. The molecule has 2 atom stereocenters. The maximum atomic E-state index is 13.5. The Balaban J connectivity index is 1.21. The zero-order valence-corrected chi connectivity index (χ0v) is 25.5. The standard InChI is InChI=1S/C30H30Cl2N8O4/c1-18-11-27(37-29(34-18)39-8-7-33-16-39)40-10-9-38(30(42)36-21-4-5-23(31)24(32)13-21)15-22(40)14-28(41)35-19(2)20-3-6-25-26(12-20)44-17-43-25/h3-8,11-13,16,19,22H,9-10,14-15,17H2,1-2H3,(H,35,41)(H,36,42). The highest BCUT2D eigenvalue weighted by atomic mass is 35.5. The van der Waals surface area contributed by atoms with Gasteiger partial charge in [-0.1, -0.05) is 29.3 Å². The molecule has 0 saturated carbocycles. The van der Waals surface area contributed by atoms with Crippen LogP contribution in [0.3, 0.4) is 0 Å². The van der Waals surface area contributed by atoms with Crippen LogP contribution < -0.4 is 25.0 Å². The molecule has 2 aliphatic rings. The summed E-state index contributed by atoms with van der Waals surface area (Å²) in [4.78, 5) is 44.0. The van der Waals surface area contributed by atoms with E-state index < -0.39 is 0 Å². The van der Waals surface area contributed by atoms with Crippen molar-refractivity contribution in [1.82, 2.24) is 29.7 Å². The second-order valence-electron chi connectivity index (χ2n) is 10.6. The summed E-state index contributed by atoms with van der Waals surface area (Å²) in [5, 5.41) is 6.72. The lowest BCUT2D eigenvalue weighted by Crippen LogP contribution is -2.57. The van der Waals surface area contributed by atoms with Crippen LogP contribution >= 0.6 is 23.2 Å². The Kier molecular flexibility index (Phi) is 8.45. The Labute approximate surface area is 263 Å². The predicted molar refractivity (Wildman–Crippen MR) is 166 cm³/mol. The Hall–Kier alpha value is -4.55. The van der Waals surface area contributed by atoms with Gasteiger partial charge in [-0.05, 0) is 49.7 Å². The van der Waals surface area contributed by atoms with Crippen molar-refractivity contribution in [2.75, 3.05) is 36.6 Å². The fourth-order valence-electron chi connectivity index (χ4n) is 5.25. The molecule has 2 aliphatic heterocycles. The third-order valence-corrected chi connectivity index (χ3v) is 8.23. The van der Waals surface area contributed by atoms with Crippen LogP contribution in [0.5, 0.6) is 11.5 Å². The number of urea groups is 1. The number of aryl methyl sites for hydroxylation is 1. The molecule has 2 unspecified atom stereocenters. The number of anilines is 2. The number of carbonyl (C=O) groups excluding carboxylic acids is 2. The van der Waals surface area contributed by atoms with Crippen LogP contribution in [-0.4, -0.2) is 68.8 Å². The van der Waals surface area contributed by atoms with Gasteiger partial charge in [-0.25, -0.2) is 14.8 Å². The number of nitrogens with one attached hydrogen (secondary N) is 2. The maximum absolute atomic E-state index is 13.5. The number of halogens is 2. The zero-order chi connectivity index (χ0) is 30.8. The van der Waals surface area contributed by atoms with Crippen molar-refractivity contribution in [1.29, 1.82) is 0 Å². The number of hydrogen-bond donors (Lipinski definition) is 2. The van der Waals surface area contributed by atoms with Gasteiger partial charge in [-0.2, -0.15) is 4.98 Å². The lowest BCUT2D eigenvalue weighted by molar-refractivity contribution is -0.122. The van der Waals surface area contributed by atoms with Gasteiger partial charge in [0.25, 0.3) is 0 Å². The first kappa shape index (κ1) is 29.5. The first-order valence-corrected chi connectivity index (χ1v) is 14.8. The molecule has 1 saturated heterocycles. The van der Waals surface area contributed by atoms with Crippen LogP contribution in [0, 0.1) is 6.92 Å². The third-order valence-electron chi connectivity index (χ3n) is 7.49. The van der Waals surface area contributed by atoms with Crippen molar-refractivity contribution < 1.29 is 19.1 Å². The minimum Gasteiger partial charge on any atom is -0.454 e. The number of piperazine rings is 1. The molecule has 4 heterocycles. The number of fused-ring (bicyclic) bond motifs is 1. The van der Waals surface area contributed by atoms with E-state index >= 15 is 0 Å². The maximum Gasteiger partial charge on any atom is 0.321 e. The largest absolute Gasteiger partial charge is 0.454 e. The number of aromatic nitrogens is 4. The van der Waals surface area contributed by atoms with Gasteiger partial charge in [0.05, 0.1) is 22.1 Å². The number of imidazole rings is 1. The molecule has 44 heavy (non-hydrogen) atoms. The van der Waals surface area contributed by atoms with Crippen molar-refractivity contribution in [3.05, 3.63) is 82.5 Å². The molecule has 2 N–H and O–H groups in total. The van der Waals surface area contributed by atoms with Crippen molar-refractivity contribution in [3.63, 3.8) is 0 Å². The number of carbonyl (C=O) groups is 2. The smallest absolute Gasteiger partial charge is 0.321 e. The summed E-state index contributed by atoms with van der Waals surface area (Å²) >= 11 is 12.2. The minimum absolute atomic E-state index is 0.120. The molecule has 1 fully saturated rings. The molecule has 2 aromatic carbocycles. The Bertz CT molecular complexity index is 1690. The number of ether oxygens (including phenoxy) is 2. The summed E-state index contributed by atoms with van der Waals surface area (Å²) in [6.07, 6.45) is 5.18.